The Labute approximate surface area is 327 Å². The van der Waals surface area contributed by atoms with E-state index in [0.717, 1.165) is 89.9 Å². The number of nitrogens with one attached hydrogen (secondary N) is 1. The SMILES string of the molecule is CC/C=C\C/C=C\C/C=C\C/C=C\C/C=C\C/C=C\C/C=C\CCCCCCCCCC(=O)NC(CO)C(O)/C=C/CC/C=C/CCCCCCCC. The summed E-state index contributed by atoms with van der Waals surface area (Å²) < 4.78 is 0. The normalized spacial score (nSPS) is 14.1. The number of unbranched alkanes of at least 4 members (excludes halogenated alkanes) is 14. The van der Waals surface area contributed by atoms with Crippen molar-refractivity contribution in [1.29, 1.82) is 0 Å². The smallest absolute Gasteiger partial charge is 0.220 e. The highest BCUT2D eigenvalue weighted by molar-refractivity contribution is 5.76. The van der Waals surface area contributed by atoms with Crippen LogP contribution < -0.4 is 5.32 Å². The number of carbonyl (C=O) groups excluding carboxylic acids is 1. The molecule has 300 valence electrons. The number of carbonyl (C=O) groups is 1. The Morgan fingerprint density at radius 1 is 0.472 bits per heavy atom. The van der Waals surface area contributed by atoms with Gasteiger partial charge in [0, 0.05) is 6.42 Å². The molecule has 0 aliphatic heterocycles. The number of amides is 1. The zero-order valence-corrected chi connectivity index (χ0v) is 34.2. The minimum atomic E-state index is -0.873. The van der Waals surface area contributed by atoms with Crippen LogP contribution in [-0.2, 0) is 4.79 Å². The van der Waals surface area contributed by atoms with Crippen molar-refractivity contribution in [1.82, 2.24) is 5.32 Å². The fourth-order valence-corrected chi connectivity index (χ4v) is 5.70. The molecule has 0 radical (unpaired) electrons. The van der Waals surface area contributed by atoms with Gasteiger partial charge in [-0.3, -0.25) is 4.79 Å². The Kier molecular flexibility index (Phi) is 41.0. The first-order valence-electron chi connectivity index (χ1n) is 21.6. The first-order chi connectivity index (χ1) is 26.2. The highest BCUT2D eigenvalue weighted by Gasteiger charge is 2.17. The van der Waals surface area contributed by atoms with Crippen molar-refractivity contribution in [3.8, 4) is 0 Å². The number of aliphatic hydroxyl groups is 2. The fraction of sp³-hybridized carbons (Fsp3) is 0.612. The molecule has 2 atom stereocenters. The second-order valence-electron chi connectivity index (χ2n) is 14.0. The number of aliphatic hydroxyl groups excluding tert-OH is 2. The molecule has 4 nitrogen and oxygen atoms in total. The van der Waals surface area contributed by atoms with E-state index in [1.165, 1.54) is 64.2 Å². The summed E-state index contributed by atoms with van der Waals surface area (Å²) in [6.45, 7) is 4.14. The van der Waals surface area contributed by atoms with E-state index in [0.29, 0.717) is 6.42 Å². The largest absolute Gasteiger partial charge is 0.394 e. The molecule has 0 saturated carbocycles. The molecular formula is C49H81NO3. The number of rotatable bonds is 37. The third-order valence-electron chi connectivity index (χ3n) is 8.99. The summed E-state index contributed by atoms with van der Waals surface area (Å²) in [4.78, 5) is 12.4. The van der Waals surface area contributed by atoms with Gasteiger partial charge in [0.15, 0.2) is 0 Å². The van der Waals surface area contributed by atoms with Gasteiger partial charge in [0.2, 0.25) is 5.91 Å². The lowest BCUT2D eigenvalue weighted by atomic mass is 10.1. The topological polar surface area (TPSA) is 69.6 Å². The van der Waals surface area contributed by atoms with E-state index in [1.54, 1.807) is 6.08 Å². The molecule has 0 aromatic heterocycles. The van der Waals surface area contributed by atoms with Crippen molar-refractivity contribution in [2.24, 2.45) is 0 Å². The van der Waals surface area contributed by atoms with Crippen LogP contribution in [0.4, 0.5) is 0 Å². The van der Waals surface area contributed by atoms with E-state index < -0.39 is 12.1 Å². The summed E-state index contributed by atoms with van der Waals surface area (Å²) in [6.07, 6.45) is 66.2. The molecule has 0 heterocycles. The molecule has 0 aliphatic carbocycles. The van der Waals surface area contributed by atoms with Gasteiger partial charge in [-0.05, 0) is 89.9 Å². The highest BCUT2D eigenvalue weighted by atomic mass is 16.3. The van der Waals surface area contributed by atoms with Crippen molar-refractivity contribution in [3.63, 3.8) is 0 Å². The predicted molar refractivity (Wildman–Crippen MR) is 234 cm³/mol. The van der Waals surface area contributed by atoms with E-state index in [-0.39, 0.29) is 12.5 Å². The van der Waals surface area contributed by atoms with E-state index in [4.69, 9.17) is 0 Å². The molecule has 1 amide bonds. The minimum absolute atomic E-state index is 0.0927. The average molecular weight is 732 g/mol. The predicted octanol–water partition coefficient (Wildman–Crippen LogP) is 13.6. The van der Waals surface area contributed by atoms with E-state index in [2.05, 4.69) is 116 Å². The second-order valence-corrected chi connectivity index (χ2v) is 14.0. The molecule has 0 fully saturated rings. The monoisotopic (exact) mass is 732 g/mol. The lowest BCUT2D eigenvalue weighted by Crippen LogP contribution is -2.45. The van der Waals surface area contributed by atoms with Gasteiger partial charge in [0.1, 0.15) is 0 Å². The van der Waals surface area contributed by atoms with E-state index >= 15 is 0 Å². The molecule has 53 heavy (non-hydrogen) atoms. The van der Waals surface area contributed by atoms with Gasteiger partial charge in [-0.2, -0.15) is 0 Å². The molecule has 0 spiro atoms. The number of hydrogen-bond acceptors (Lipinski definition) is 3. The molecule has 0 bridgehead atoms. The Balaban J connectivity index is 3.69. The maximum absolute atomic E-state index is 12.4. The van der Waals surface area contributed by atoms with Crippen LogP contribution in [0, 0.1) is 0 Å². The summed E-state index contributed by atoms with van der Waals surface area (Å²) in [6, 6.07) is -0.651. The van der Waals surface area contributed by atoms with E-state index in [1.807, 2.05) is 6.08 Å². The van der Waals surface area contributed by atoms with Crippen molar-refractivity contribution in [2.75, 3.05) is 6.61 Å². The Morgan fingerprint density at radius 2 is 0.849 bits per heavy atom. The first-order valence-corrected chi connectivity index (χ1v) is 21.6. The van der Waals surface area contributed by atoms with Crippen LogP contribution in [-0.4, -0.2) is 34.9 Å². The summed E-state index contributed by atoms with van der Waals surface area (Å²) in [5.74, 6) is -0.0927. The lowest BCUT2D eigenvalue weighted by Gasteiger charge is -2.19. The first kappa shape index (κ1) is 50.1. The van der Waals surface area contributed by atoms with Gasteiger partial charge < -0.3 is 15.5 Å². The van der Waals surface area contributed by atoms with Gasteiger partial charge in [0.05, 0.1) is 18.8 Å². The number of allylic oxidation sites excluding steroid dienone is 17. The molecule has 2 unspecified atom stereocenters. The maximum Gasteiger partial charge on any atom is 0.220 e. The van der Waals surface area contributed by atoms with Gasteiger partial charge >= 0.3 is 0 Å². The molecule has 0 saturated heterocycles. The van der Waals surface area contributed by atoms with Gasteiger partial charge in [-0.1, -0.05) is 187 Å². The Hall–Kier alpha value is -2.95. The number of hydrogen-bond donors (Lipinski definition) is 3. The van der Waals surface area contributed by atoms with Crippen molar-refractivity contribution >= 4 is 5.91 Å². The molecule has 0 aliphatic rings. The quantitative estimate of drug-likeness (QED) is 0.0440. The Bertz CT molecular complexity index is 1060. The summed E-state index contributed by atoms with van der Waals surface area (Å²) in [7, 11) is 0. The summed E-state index contributed by atoms with van der Waals surface area (Å²) >= 11 is 0. The van der Waals surface area contributed by atoms with Crippen molar-refractivity contribution < 1.29 is 15.0 Å². The summed E-state index contributed by atoms with van der Waals surface area (Å²) in [5.41, 5.74) is 0. The van der Waals surface area contributed by atoms with Crippen LogP contribution >= 0.6 is 0 Å². The minimum Gasteiger partial charge on any atom is -0.394 e. The van der Waals surface area contributed by atoms with Gasteiger partial charge in [-0.15, -0.1) is 0 Å². The van der Waals surface area contributed by atoms with Crippen LogP contribution in [0.15, 0.2) is 109 Å². The van der Waals surface area contributed by atoms with Crippen LogP contribution in [0.2, 0.25) is 0 Å². The summed E-state index contributed by atoms with van der Waals surface area (Å²) in [5, 5.41) is 22.9. The van der Waals surface area contributed by atoms with E-state index in [9.17, 15) is 15.0 Å². The van der Waals surface area contributed by atoms with Crippen LogP contribution in [0.5, 0.6) is 0 Å². The third-order valence-corrected chi connectivity index (χ3v) is 8.99. The molecule has 0 rings (SSSR count). The van der Waals surface area contributed by atoms with Crippen LogP contribution in [0.1, 0.15) is 174 Å². The zero-order chi connectivity index (χ0) is 38.6. The molecule has 4 heteroatoms. The average Bonchev–Trinajstić information content (AvgIpc) is 3.16. The fourth-order valence-electron chi connectivity index (χ4n) is 5.70. The lowest BCUT2D eigenvalue weighted by molar-refractivity contribution is -0.123. The maximum atomic E-state index is 12.4. The van der Waals surface area contributed by atoms with Gasteiger partial charge in [-0.25, -0.2) is 0 Å². The van der Waals surface area contributed by atoms with Gasteiger partial charge in [0.25, 0.3) is 0 Å². The molecule has 3 N–H and O–H groups in total. The van der Waals surface area contributed by atoms with Crippen LogP contribution in [0.3, 0.4) is 0 Å². The second kappa shape index (κ2) is 43.5. The zero-order valence-electron chi connectivity index (χ0n) is 34.2. The highest BCUT2D eigenvalue weighted by Crippen LogP contribution is 2.11. The molecule has 0 aromatic rings. The van der Waals surface area contributed by atoms with Crippen molar-refractivity contribution in [3.05, 3.63) is 109 Å². The Morgan fingerprint density at radius 3 is 1.32 bits per heavy atom. The van der Waals surface area contributed by atoms with Crippen molar-refractivity contribution in [2.45, 2.75) is 187 Å². The molecular weight excluding hydrogens is 651 g/mol. The third kappa shape index (κ3) is 40.1. The molecule has 0 aromatic carbocycles. The van der Waals surface area contributed by atoms with Crippen LogP contribution in [0.25, 0.3) is 0 Å². The standard InChI is InChI=1S/C49H81NO3/c1-3-5-7-9-11-13-15-17-18-19-20-21-22-23-24-25-26-27-28-29-30-31-32-33-35-37-39-41-43-45-49(53)50-47(46-51)48(52)44-42-40-38-36-34-16-14-12-10-8-6-4-2/h5,7,11,13,17-18,20-21,23-24,26-27,29-30,34,36,42,44,47-48,51-52H,3-4,6,8-10,12,14-16,19,22,25,28,31-33,35,37-41,43,45-46H2,1-2H3,(H,50,53)/b7-5-,13-11-,18-17-,21-20-,24-23-,27-26-,30-29-,36-34+,44-42+.